The van der Waals surface area contributed by atoms with Gasteiger partial charge in [0.05, 0.1) is 5.57 Å². The van der Waals surface area contributed by atoms with Crippen LogP contribution >= 0.6 is 11.3 Å². The average Bonchev–Trinajstić information content (AvgIpc) is 2.99. The Kier molecular flexibility index (Phi) is 4.40. The van der Waals surface area contributed by atoms with Crippen molar-refractivity contribution in [3.63, 3.8) is 0 Å². The van der Waals surface area contributed by atoms with E-state index in [1.807, 2.05) is 66.9 Å². The standard InChI is InChI=1S/C20H16O2S/c1-14-11-12-23-19(14)17-10-6-5-9-16(17)18(20(21)22)13-15-7-3-2-4-8-15/h2-13H,1H3,(H,21,22). The molecule has 0 bridgehead atoms. The molecule has 3 rings (SSSR count). The molecule has 23 heavy (non-hydrogen) atoms. The lowest BCUT2D eigenvalue weighted by molar-refractivity contribution is -0.130. The topological polar surface area (TPSA) is 37.3 Å². The number of carbonyl (C=O) groups is 1. The molecular weight excluding hydrogens is 304 g/mol. The number of benzene rings is 2. The van der Waals surface area contributed by atoms with E-state index >= 15 is 0 Å². The fraction of sp³-hybridized carbons (Fsp3) is 0.0500. The molecule has 3 heteroatoms. The van der Waals surface area contributed by atoms with Crippen molar-refractivity contribution in [2.75, 3.05) is 0 Å². The van der Waals surface area contributed by atoms with Gasteiger partial charge in [-0.3, -0.25) is 0 Å². The summed E-state index contributed by atoms with van der Waals surface area (Å²) in [5, 5.41) is 11.7. The Hall–Kier alpha value is -2.65. The third-order valence-corrected chi connectivity index (χ3v) is 4.71. The lowest BCUT2D eigenvalue weighted by atomic mass is 9.96. The van der Waals surface area contributed by atoms with Crippen molar-refractivity contribution in [1.82, 2.24) is 0 Å². The lowest BCUT2D eigenvalue weighted by Crippen LogP contribution is -2.01. The van der Waals surface area contributed by atoms with Crippen LogP contribution in [0.2, 0.25) is 0 Å². The third kappa shape index (κ3) is 3.25. The van der Waals surface area contributed by atoms with Crippen molar-refractivity contribution in [3.8, 4) is 10.4 Å². The molecular formula is C20H16O2S. The summed E-state index contributed by atoms with van der Waals surface area (Å²) >= 11 is 1.63. The van der Waals surface area contributed by atoms with Crippen LogP contribution in [0.25, 0.3) is 22.1 Å². The predicted molar refractivity (Wildman–Crippen MR) is 96.4 cm³/mol. The molecule has 0 aliphatic rings. The average molecular weight is 320 g/mol. The normalized spacial score (nSPS) is 11.4. The first kappa shape index (κ1) is 15.3. The minimum atomic E-state index is -0.921. The first-order valence-electron chi connectivity index (χ1n) is 7.30. The van der Waals surface area contributed by atoms with Crippen LogP contribution < -0.4 is 0 Å². The summed E-state index contributed by atoms with van der Waals surface area (Å²) in [6.45, 7) is 2.05. The second kappa shape index (κ2) is 6.63. The number of carboxylic acid groups (broad SMARTS) is 1. The van der Waals surface area contributed by atoms with Gasteiger partial charge >= 0.3 is 5.97 Å². The molecule has 0 aliphatic heterocycles. The number of rotatable bonds is 4. The van der Waals surface area contributed by atoms with Crippen molar-refractivity contribution in [1.29, 1.82) is 0 Å². The molecule has 0 radical (unpaired) electrons. The SMILES string of the molecule is Cc1ccsc1-c1ccccc1C(=Cc1ccccc1)C(=O)O. The van der Waals surface area contributed by atoms with E-state index in [4.69, 9.17) is 0 Å². The summed E-state index contributed by atoms with van der Waals surface area (Å²) < 4.78 is 0. The van der Waals surface area contributed by atoms with E-state index in [0.717, 1.165) is 27.1 Å². The highest BCUT2D eigenvalue weighted by atomic mass is 32.1. The van der Waals surface area contributed by atoms with Crippen LogP contribution in [0, 0.1) is 6.92 Å². The van der Waals surface area contributed by atoms with Gasteiger partial charge in [-0.2, -0.15) is 0 Å². The van der Waals surface area contributed by atoms with Gasteiger partial charge in [0.25, 0.3) is 0 Å². The van der Waals surface area contributed by atoms with Crippen LogP contribution in [0.5, 0.6) is 0 Å². The second-order valence-electron chi connectivity index (χ2n) is 5.25. The molecule has 1 heterocycles. The van der Waals surface area contributed by atoms with Crippen LogP contribution in [0.1, 0.15) is 16.7 Å². The van der Waals surface area contributed by atoms with Gasteiger partial charge in [0, 0.05) is 10.4 Å². The lowest BCUT2D eigenvalue weighted by Gasteiger charge is -2.10. The van der Waals surface area contributed by atoms with E-state index in [1.54, 1.807) is 17.4 Å². The van der Waals surface area contributed by atoms with Crippen LogP contribution in [-0.2, 0) is 4.79 Å². The molecule has 1 aromatic heterocycles. The van der Waals surface area contributed by atoms with Crippen LogP contribution in [-0.4, -0.2) is 11.1 Å². The summed E-state index contributed by atoms with van der Waals surface area (Å²) in [6, 6.07) is 19.3. The summed E-state index contributed by atoms with van der Waals surface area (Å²) in [5.41, 5.74) is 4.05. The van der Waals surface area contributed by atoms with Crippen molar-refractivity contribution in [2.24, 2.45) is 0 Å². The highest BCUT2D eigenvalue weighted by Crippen LogP contribution is 2.35. The van der Waals surface area contributed by atoms with E-state index in [1.165, 1.54) is 0 Å². The van der Waals surface area contributed by atoms with E-state index in [-0.39, 0.29) is 0 Å². The monoisotopic (exact) mass is 320 g/mol. The van der Waals surface area contributed by atoms with Crippen molar-refractivity contribution < 1.29 is 9.90 Å². The zero-order valence-corrected chi connectivity index (χ0v) is 13.5. The molecule has 0 saturated heterocycles. The van der Waals surface area contributed by atoms with Crippen LogP contribution in [0.15, 0.2) is 66.0 Å². The number of hydrogen-bond acceptors (Lipinski definition) is 2. The highest BCUT2D eigenvalue weighted by Gasteiger charge is 2.17. The largest absolute Gasteiger partial charge is 0.478 e. The molecule has 3 aromatic rings. The molecule has 0 saturated carbocycles. The quantitative estimate of drug-likeness (QED) is 0.520. The van der Waals surface area contributed by atoms with Gasteiger partial charge in [0.2, 0.25) is 0 Å². The Morgan fingerprint density at radius 2 is 1.70 bits per heavy atom. The third-order valence-electron chi connectivity index (χ3n) is 3.66. The Morgan fingerprint density at radius 3 is 2.35 bits per heavy atom. The Bertz CT molecular complexity index is 860. The molecule has 2 aromatic carbocycles. The van der Waals surface area contributed by atoms with E-state index in [0.29, 0.717) is 5.57 Å². The summed E-state index contributed by atoms with van der Waals surface area (Å²) in [7, 11) is 0. The van der Waals surface area contributed by atoms with E-state index in [9.17, 15) is 9.90 Å². The van der Waals surface area contributed by atoms with Crippen LogP contribution in [0.3, 0.4) is 0 Å². The molecule has 0 spiro atoms. The van der Waals surface area contributed by atoms with Gasteiger partial charge in [-0.15, -0.1) is 11.3 Å². The Morgan fingerprint density at radius 1 is 1.00 bits per heavy atom. The fourth-order valence-corrected chi connectivity index (χ4v) is 3.50. The molecule has 0 fully saturated rings. The zero-order chi connectivity index (χ0) is 16.2. The van der Waals surface area contributed by atoms with E-state index in [2.05, 4.69) is 6.07 Å². The maximum absolute atomic E-state index is 11.8. The van der Waals surface area contributed by atoms with Gasteiger partial charge in [0.1, 0.15) is 0 Å². The number of thiophene rings is 1. The predicted octanol–water partition coefficient (Wildman–Crippen LogP) is 5.35. The van der Waals surface area contributed by atoms with Gasteiger partial charge in [-0.05, 0) is 41.1 Å². The van der Waals surface area contributed by atoms with Crippen molar-refractivity contribution in [3.05, 3.63) is 82.7 Å². The molecule has 0 aliphatic carbocycles. The molecule has 1 N–H and O–H groups in total. The number of carboxylic acids is 1. The van der Waals surface area contributed by atoms with E-state index < -0.39 is 5.97 Å². The van der Waals surface area contributed by atoms with Crippen molar-refractivity contribution in [2.45, 2.75) is 6.92 Å². The first-order valence-corrected chi connectivity index (χ1v) is 8.18. The molecule has 2 nitrogen and oxygen atoms in total. The minimum absolute atomic E-state index is 0.305. The summed E-state index contributed by atoms with van der Waals surface area (Å²) in [5.74, 6) is -0.921. The minimum Gasteiger partial charge on any atom is -0.478 e. The Balaban J connectivity index is 2.18. The maximum Gasteiger partial charge on any atom is 0.336 e. The zero-order valence-electron chi connectivity index (χ0n) is 12.7. The molecule has 0 atom stereocenters. The molecule has 0 amide bonds. The van der Waals surface area contributed by atoms with Gasteiger partial charge in [-0.25, -0.2) is 4.79 Å². The number of aryl methyl sites for hydroxylation is 1. The number of hydrogen-bond donors (Lipinski definition) is 1. The van der Waals surface area contributed by atoms with Gasteiger partial charge < -0.3 is 5.11 Å². The first-order chi connectivity index (χ1) is 11.2. The maximum atomic E-state index is 11.8. The van der Waals surface area contributed by atoms with Gasteiger partial charge in [-0.1, -0.05) is 54.6 Å². The van der Waals surface area contributed by atoms with Gasteiger partial charge in [0.15, 0.2) is 0 Å². The highest BCUT2D eigenvalue weighted by molar-refractivity contribution is 7.13. The smallest absolute Gasteiger partial charge is 0.336 e. The van der Waals surface area contributed by atoms with Crippen LogP contribution in [0.4, 0.5) is 0 Å². The number of aliphatic carboxylic acids is 1. The summed E-state index contributed by atoms with van der Waals surface area (Å²) in [6.07, 6.45) is 1.73. The molecule has 0 unspecified atom stereocenters. The summed E-state index contributed by atoms with van der Waals surface area (Å²) in [4.78, 5) is 13.0. The Labute approximate surface area is 139 Å². The van der Waals surface area contributed by atoms with Crippen molar-refractivity contribution >= 4 is 29.0 Å². The molecule has 114 valence electrons. The fourth-order valence-electron chi connectivity index (χ4n) is 2.54. The second-order valence-corrected chi connectivity index (χ2v) is 6.17.